The van der Waals surface area contributed by atoms with Crippen LogP contribution in [0, 0.1) is 11.3 Å². The summed E-state index contributed by atoms with van der Waals surface area (Å²) in [6.45, 7) is 0. The van der Waals surface area contributed by atoms with E-state index in [2.05, 4.69) is 15.4 Å². The predicted molar refractivity (Wildman–Crippen MR) is 96.0 cm³/mol. The molecule has 9 heteroatoms. The summed E-state index contributed by atoms with van der Waals surface area (Å²) < 4.78 is 40.1. The van der Waals surface area contributed by atoms with Crippen molar-refractivity contribution in [3.8, 4) is 11.8 Å². The molecule has 4 rings (SSSR count). The van der Waals surface area contributed by atoms with E-state index in [1.165, 1.54) is 16.8 Å². The summed E-state index contributed by atoms with van der Waals surface area (Å²) >= 11 is 0. The van der Waals surface area contributed by atoms with Gasteiger partial charge in [-0.05, 0) is 43.2 Å². The van der Waals surface area contributed by atoms with Crippen LogP contribution in [0.15, 0.2) is 48.8 Å². The van der Waals surface area contributed by atoms with Crippen LogP contribution in [0.5, 0.6) is 0 Å². The van der Waals surface area contributed by atoms with Crippen molar-refractivity contribution in [1.82, 2.24) is 20.1 Å². The van der Waals surface area contributed by atoms with Gasteiger partial charge in [0.05, 0.1) is 29.1 Å². The lowest BCUT2D eigenvalue weighted by molar-refractivity contribution is -0.141. The van der Waals surface area contributed by atoms with Gasteiger partial charge in [0.2, 0.25) is 0 Å². The number of aromatic nitrogens is 3. The summed E-state index contributed by atoms with van der Waals surface area (Å²) in [6.07, 6.45) is -0.573. The number of alkyl halides is 3. The van der Waals surface area contributed by atoms with Gasteiger partial charge in [-0.25, -0.2) is 4.68 Å². The number of nitrogens with one attached hydrogen (secondary N) is 1. The van der Waals surface area contributed by atoms with Crippen LogP contribution < -0.4 is 5.32 Å². The van der Waals surface area contributed by atoms with Crippen LogP contribution in [-0.2, 0) is 12.6 Å². The van der Waals surface area contributed by atoms with Crippen LogP contribution in [0.4, 0.5) is 13.2 Å². The number of hydrogen-bond acceptors (Lipinski definition) is 4. The summed E-state index contributed by atoms with van der Waals surface area (Å²) in [5.41, 5.74) is 1.50. The van der Waals surface area contributed by atoms with E-state index in [1.54, 1.807) is 24.4 Å². The molecule has 29 heavy (non-hydrogen) atoms. The molecule has 0 bridgehead atoms. The smallest absolute Gasteiger partial charge is 0.345 e. The molecule has 0 aliphatic heterocycles. The average molecular weight is 397 g/mol. The number of pyridine rings is 1. The molecular weight excluding hydrogens is 383 g/mol. The molecule has 0 fully saturated rings. The molecule has 3 aromatic rings. The highest BCUT2D eigenvalue weighted by molar-refractivity contribution is 5.94. The first-order valence-electron chi connectivity index (χ1n) is 8.78. The van der Waals surface area contributed by atoms with Gasteiger partial charge < -0.3 is 5.32 Å². The third kappa shape index (κ3) is 3.69. The van der Waals surface area contributed by atoms with Crippen LogP contribution >= 0.6 is 0 Å². The molecule has 146 valence electrons. The SMILES string of the molecule is N#Cc1cccc(C(=O)NC2CCc3nn(-c4ccnc(C(F)(F)F)c4)cc32)c1. The fourth-order valence-electron chi connectivity index (χ4n) is 3.32. The highest BCUT2D eigenvalue weighted by atomic mass is 19.4. The van der Waals surface area contributed by atoms with E-state index in [-0.39, 0.29) is 17.6 Å². The third-order valence-electron chi connectivity index (χ3n) is 4.73. The molecule has 2 heterocycles. The minimum Gasteiger partial charge on any atom is -0.345 e. The lowest BCUT2D eigenvalue weighted by Gasteiger charge is -2.13. The van der Waals surface area contributed by atoms with E-state index < -0.39 is 11.9 Å². The number of benzene rings is 1. The highest BCUT2D eigenvalue weighted by Crippen LogP contribution is 2.32. The van der Waals surface area contributed by atoms with E-state index >= 15 is 0 Å². The van der Waals surface area contributed by atoms with Crippen LogP contribution in [0.2, 0.25) is 0 Å². The van der Waals surface area contributed by atoms with Crippen molar-refractivity contribution in [2.75, 3.05) is 0 Å². The molecule has 0 saturated heterocycles. The first-order valence-corrected chi connectivity index (χ1v) is 8.78. The zero-order valence-corrected chi connectivity index (χ0v) is 14.9. The molecular formula is C20H14F3N5O. The zero-order valence-electron chi connectivity index (χ0n) is 14.9. The lowest BCUT2D eigenvalue weighted by Crippen LogP contribution is -2.27. The van der Waals surface area contributed by atoms with E-state index in [0.717, 1.165) is 23.5 Å². The van der Waals surface area contributed by atoms with E-state index in [9.17, 15) is 18.0 Å². The number of nitrogens with zero attached hydrogens (tertiary/aromatic N) is 4. The Morgan fingerprint density at radius 2 is 2.10 bits per heavy atom. The van der Waals surface area contributed by atoms with Gasteiger partial charge in [0, 0.05) is 23.5 Å². The maximum absolute atomic E-state index is 12.9. The molecule has 0 spiro atoms. The molecule has 1 aliphatic carbocycles. The van der Waals surface area contributed by atoms with Crippen molar-refractivity contribution in [2.45, 2.75) is 25.1 Å². The van der Waals surface area contributed by atoms with Crippen LogP contribution in [-0.4, -0.2) is 20.7 Å². The Balaban J connectivity index is 1.57. The Bertz CT molecular complexity index is 1130. The minimum absolute atomic E-state index is 0.244. The number of halogens is 3. The quantitative estimate of drug-likeness (QED) is 0.732. The van der Waals surface area contributed by atoms with Crippen LogP contribution in [0.1, 0.15) is 45.3 Å². The molecule has 1 atom stereocenters. The Morgan fingerprint density at radius 3 is 2.86 bits per heavy atom. The van der Waals surface area contributed by atoms with Gasteiger partial charge in [0.25, 0.3) is 5.91 Å². The maximum atomic E-state index is 12.9. The number of carbonyl (C=O) groups is 1. The number of carbonyl (C=O) groups excluding carboxylic acids is 1. The van der Waals surface area contributed by atoms with Gasteiger partial charge in [0.15, 0.2) is 0 Å². The van der Waals surface area contributed by atoms with Crippen LogP contribution in [0.3, 0.4) is 0 Å². The lowest BCUT2D eigenvalue weighted by atomic mass is 10.1. The Labute approximate surface area is 163 Å². The minimum atomic E-state index is -4.54. The van der Waals surface area contributed by atoms with Crippen molar-refractivity contribution >= 4 is 5.91 Å². The second kappa shape index (κ2) is 7.05. The molecule has 1 aliphatic rings. The van der Waals surface area contributed by atoms with Crippen molar-refractivity contribution in [2.24, 2.45) is 0 Å². The molecule has 1 amide bonds. The van der Waals surface area contributed by atoms with Crippen LogP contribution in [0.25, 0.3) is 5.69 Å². The van der Waals surface area contributed by atoms with Crippen molar-refractivity contribution in [3.05, 3.63) is 76.9 Å². The fourth-order valence-corrected chi connectivity index (χ4v) is 3.32. The average Bonchev–Trinajstić information content (AvgIpc) is 3.29. The highest BCUT2D eigenvalue weighted by Gasteiger charge is 2.33. The monoisotopic (exact) mass is 397 g/mol. The van der Waals surface area contributed by atoms with E-state index in [4.69, 9.17) is 5.26 Å². The maximum Gasteiger partial charge on any atom is 0.433 e. The number of amides is 1. The second-order valence-corrected chi connectivity index (χ2v) is 6.63. The number of rotatable bonds is 3. The van der Waals surface area contributed by atoms with Gasteiger partial charge >= 0.3 is 6.18 Å². The molecule has 1 aromatic carbocycles. The first kappa shape index (κ1) is 18.7. The first-order chi connectivity index (χ1) is 13.8. The van der Waals surface area contributed by atoms with Gasteiger partial charge in [-0.1, -0.05) is 6.07 Å². The Kier molecular flexibility index (Phi) is 4.54. The summed E-state index contributed by atoms with van der Waals surface area (Å²) in [5.74, 6) is -0.323. The second-order valence-electron chi connectivity index (χ2n) is 6.63. The van der Waals surface area contributed by atoms with Gasteiger partial charge in [-0.3, -0.25) is 9.78 Å². The van der Waals surface area contributed by atoms with Crippen molar-refractivity contribution in [1.29, 1.82) is 5.26 Å². The molecule has 0 saturated carbocycles. The standard InChI is InChI=1S/C20H14F3N5O/c21-20(22,23)18-9-14(6-7-25-18)28-11-15-16(4-5-17(15)27-28)26-19(29)13-3-1-2-12(8-13)10-24/h1-3,6-9,11,16H,4-5H2,(H,26,29). The van der Waals surface area contributed by atoms with Gasteiger partial charge in [-0.15, -0.1) is 0 Å². The summed E-state index contributed by atoms with van der Waals surface area (Å²) in [5, 5.41) is 16.2. The largest absolute Gasteiger partial charge is 0.433 e. The van der Waals surface area contributed by atoms with E-state index in [1.807, 2.05) is 6.07 Å². The van der Waals surface area contributed by atoms with Gasteiger partial charge in [-0.2, -0.15) is 23.5 Å². The summed E-state index contributed by atoms with van der Waals surface area (Å²) in [6, 6.07) is 10.4. The molecule has 0 radical (unpaired) electrons. The zero-order chi connectivity index (χ0) is 20.6. The Morgan fingerprint density at radius 1 is 1.28 bits per heavy atom. The number of aryl methyl sites for hydroxylation is 1. The molecule has 2 aromatic heterocycles. The summed E-state index contributed by atoms with van der Waals surface area (Å²) in [4.78, 5) is 15.9. The van der Waals surface area contributed by atoms with Crippen molar-refractivity contribution < 1.29 is 18.0 Å². The topological polar surface area (TPSA) is 83.6 Å². The molecule has 6 nitrogen and oxygen atoms in total. The van der Waals surface area contributed by atoms with Crippen molar-refractivity contribution in [3.63, 3.8) is 0 Å². The predicted octanol–water partition coefficient (Wildman–Crippen LogP) is 3.58. The number of fused-ring (bicyclic) bond motifs is 1. The van der Waals surface area contributed by atoms with Gasteiger partial charge in [0.1, 0.15) is 5.69 Å². The number of hydrogen-bond donors (Lipinski definition) is 1. The van der Waals surface area contributed by atoms with E-state index in [0.29, 0.717) is 24.0 Å². The summed E-state index contributed by atoms with van der Waals surface area (Å²) in [7, 11) is 0. The third-order valence-corrected chi connectivity index (χ3v) is 4.73. The normalized spacial score (nSPS) is 15.6. The number of nitriles is 1. The molecule has 1 N–H and O–H groups in total. The Hall–Kier alpha value is -3.67. The molecule has 1 unspecified atom stereocenters. The fraction of sp³-hybridized carbons (Fsp3) is 0.200.